The molecule has 1 aliphatic rings. The first-order valence-electron chi connectivity index (χ1n) is 9.94. The Labute approximate surface area is 170 Å². The van der Waals surface area contributed by atoms with Crippen molar-refractivity contribution in [2.75, 3.05) is 26.2 Å². The highest BCUT2D eigenvalue weighted by Gasteiger charge is 2.48. The van der Waals surface area contributed by atoms with Crippen molar-refractivity contribution in [3.8, 4) is 11.4 Å². The van der Waals surface area contributed by atoms with Crippen LogP contribution in [0.1, 0.15) is 38.6 Å². The summed E-state index contributed by atoms with van der Waals surface area (Å²) in [5.74, 6) is 0.959. The summed E-state index contributed by atoms with van der Waals surface area (Å²) in [4.78, 5) is 30.2. The number of nitrogens with one attached hydrogen (secondary N) is 1. The van der Waals surface area contributed by atoms with Crippen molar-refractivity contribution < 1.29 is 23.3 Å². The number of quaternary nitrogens is 1. The predicted molar refractivity (Wildman–Crippen MR) is 107 cm³/mol. The molecule has 1 aliphatic heterocycles. The van der Waals surface area contributed by atoms with E-state index in [1.54, 1.807) is 6.92 Å². The van der Waals surface area contributed by atoms with E-state index in [1.165, 1.54) is 0 Å². The molecule has 0 atom stereocenters. The Hall–Kier alpha value is -2.58. The topological polar surface area (TPSA) is 94.3 Å². The number of nitrogens with zero attached hydrogens (tertiary/aromatic N) is 3. The van der Waals surface area contributed by atoms with Gasteiger partial charge in [0.1, 0.15) is 18.7 Å². The lowest BCUT2D eigenvalue weighted by molar-refractivity contribution is -0.786. The molecule has 1 aromatic carbocycles. The second kappa shape index (κ2) is 8.42. The first kappa shape index (κ1) is 21.1. The molecule has 2 heterocycles. The van der Waals surface area contributed by atoms with E-state index in [-0.39, 0.29) is 16.8 Å². The number of carbonyl (C=O) groups is 2. The summed E-state index contributed by atoms with van der Waals surface area (Å²) < 4.78 is 10.3. The molecule has 0 spiro atoms. The minimum atomic E-state index is -0.628. The van der Waals surface area contributed by atoms with Gasteiger partial charge in [0.25, 0.3) is 0 Å². The highest BCUT2D eigenvalue weighted by atomic mass is 16.6. The lowest BCUT2D eigenvalue weighted by Gasteiger charge is -2.37. The number of benzene rings is 1. The van der Waals surface area contributed by atoms with E-state index in [0.29, 0.717) is 44.3 Å². The Kier molecular flexibility index (Phi) is 6.14. The van der Waals surface area contributed by atoms with Crippen molar-refractivity contribution in [2.45, 2.75) is 46.1 Å². The zero-order chi connectivity index (χ0) is 21.1. The molecule has 1 N–H and O–H groups in total. The average molecular weight is 401 g/mol. The van der Waals surface area contributed by atoms with Gasteiger partial charge in [-0.15, -0.1) is 0 Å². The molecule has 156 valence electrons. The maximum absolute atomic E-state index is 13.1. The van der Waals surface area contributed by atoms with Gasteiger partial charge in [0.15, 0.2) is 0 Å². The van der Waals surface area contributed by atoms with Gasteiger partial charge in [-0.2, -0.15) is 14.3 Å². The number of aromatic nitrogens is 2. The van der Waals surface area contributed by atoms with E-state index in [9.17, 15) is 9.59 Å². The molecule has 1 saturated heterocycles. The fourth-order valence-electron chi connectivity index (χ4n) is 3.36. The van der Waals surface area contributed by atoms with Gasteiger partial charge >= 0.3 is 12.0 Å². The molecule has 1 aromatic heterocycles. The summed E-state index contributed by atoms with van der Waals surface area (Å²) in [6.45, 7) is 9.28. The Bertz CT molecular complexity index is 862. The molecule has 8 heteroatoms. The molecule has 0 aliphatic carbocycles. The van der Waals surface area contributed by atoms with Crippen LogP contribution in [0.5, 0.6) is 0 Å². The lowest BCUT2D eigenvalue weighted by Crippen LogP contribution is -2.65. The van der Waals surface area contributed by atoms with Gasteiger partial charge in [0.05, 0.1) is 6.42 Å². The number of imide groups is 1. The average Bonchev–Trinajstić information content (AvgIpc) is 3.12. The zero-order valence-electron chi connectivity index (χ0n) is 17.5. The van der Waals surface area contributed by atoms with Crippen LogP contribution in [0.3, 0.4) is 0 Å². The first-order chi connectivity index (χ1) is 13.7. The number of hydrogen-bond acceptors (Lipinski definition) is 7. The first-order valence-corrected chi connectivity index (χ1v) is 9.94. The van der Waals surface area contributed by atoms with Gasteiger partial charge in [0, 0.05) is 25.6 Å². The van der Waals surface area contributed by atoms with Crippen LogP contribution in [-0.2, 0) is 16.0 Å². The highest BCUT2D eigenvalue weighted by Crippen LogP contribution is 2.22. The number of piperazine rings is 1. The van der Waals surface area contributed by atoms with Crippen LogP contribution in [0.2, 0.25) is 0 Å². The lowest BCUT2D eigenvalue weighted by atomic mass is 10.1. The Morgan fingerprint density at radius 1 is 1.17 bits per heavy atom. The van der Waals surface area contributed by atoms with E-state index in [0.717, 1.165) is 11.1 Å². The number of hydrogen-bond donors (Lipinski definition) is 1. The van der Waals surface area contributed by atoms with Gasteiger partial charge in [-0.1, -0.05) is 29.4 Å². The molecular weight excluding hydrogens is 372 g/mol. The van der Waals surface area contributed by atoms with Crippen LogP contribution in [0.25, 0.3) is 11.4 Å². The van der Waals surface area contributed by atoms with Crippen molar-refractivity contribution in [1.82, 2.24) is 15.5 Å². The van der Waals surface area contributed by atoms with Crippen LogP contribution in [0, 0.1) is 6.92 Å². The minimum absolute atomic E-state index is 0.0985. The number of aryl methyl sites for hydroxylation is 2. The molecule has 29 heavy (non-hydrogen) atoms. The summed E-state index contributed by atoms with van der Waals surface area (Å²) in [5.41, 5.74) is 1.24. The van der Waals surface area contributed by atoms with Crippen molar-refractivity contribution in [2.24, 2.45) is 0 Å². The molecule has 1 fully saturated rings. The molecule has 2 amide bonds. The van der Waals surface area contributed by atoms with E-state index in [1.807, 2.05) is 45.0 Å². The van der Waals surface area contributed by atoms with Gasteiger partial charge in [-0.25, -0.2) is 4.79 Å². The third-order valence-corrected chi connectivity index (χ3v) is 4.93. The van der Waals surface area contributed by atoms with Crippen LogP contribution < -0.4 is 5.32 Å². The zero-order valence-corrected chi connectivity index (χ0v) is 17.5. The number of amides is 2. The SMILES string of the molecule is Cc1nc(-c2ccc(CCC(=O)[N+]3(C(=O)OC(C)(C)C)CCNCC3)cc2)no1. The van der Waals surface area contributed by atoms with Gasteiger partial charge in [-0.3, -0.25) is 0 Å². The summed E-state index contributed by atoms with van der Waals surface area (Å²) in [5, 5.41) is 7.12. The van der Waals surface area contributed by atoms with Crippen LogP contribution in [0.15, 0.2) is 28.8 Å². The van der Waals surface area contributed by atoms with Crippen molar-refractivity contribution in [1.29, 1.82) is 0 Å². The second-order valence-corrected chi connectivity index (χ2v) is 8.37. The van der Waals surface area contributed by atoms with Crippen molar-refractivity contribution in [3.63, 3.8) is 0 Å². The molecule has 0 bridgehead atoms. The van der Waals surface area contributed by atoms with Gasteiger partial charge in [-0.05, 0) is 32.8 Å². The maximum Gasteiger partial charge on any atom is 0.524 e. The smallest absolute Gasteiger partial charge is 0.414 e. The second-order valence-electron chi connectivity index (χ2n) is 8.37. The number of carbonyl (C=O) groups excluding carboxylic acids is 2. The minimum Gasteiger partial charge on any atom is -0.414 e. The fourth-order valence-corrected chi connectivity index (χ4v) is 3.36. The molecule has 8 nitrogen and oxygen atoms in total. The Morgan fingerprint density at radius 3 is 2.38 bits per heavy atom. The molecular formula is C21H29N4O4+. The summed E-state index contributed by atoms with van der Waals surface area (Å²) in [6, 6.07) is 7.72. The summed E-state index contributed by atoms with van der Waals surface area (Å²) in [6.07, 6.45) is 0.382. The predicted octanol–water partition coefficient (Wildman–Crippen LogP) is 2.86. The normalized spacial score (nSPS) is 16.4. The van der Waals surface area contributed by atoms with Crippen molar-refractivity contribution >= 4 is 12.0 Å². The molecule has 0 radical (unpaired) electrons. The van der Waals surface area contributed by atoms with Gasteiger partial charge in [0.2, 0.25) is 11.7 Å². The summed E-state index contributed by atoms with van der Waals surface area (Å²) >= 11 is 0. The van der Waals surface area contributed by atoms with Gasteiger partial charge < -0.3 is 14.6 Å². The Balaban J connectivity index is 1.67. The number of rotatable bonds is 4. The molecule has 0 unspecified atom stereocenters. The van der Waals surface area contributed by atoms with Crippen LogP contribution >= 0.6 is 0 Å². The Morgan fingerprint density at radius 2 is 1.83 bits per heavy atom. The van der Waals surface area contributed by atoms with Crippen LogP contribution in [0.4, 0.5) is 4.79 Å². The maximum atomic E-state index is 13.1. The standard InChI is InChI=1S/C21H29N4O4/c1-15-23-19(24-29-15)17-8-5-16(6-9-17)7-10-18(26)25(13-11-22-12-14-25)20(27)28-21(2,3)4/h5-6,8-9,22H,7,10-14H2,1-4H3/q+1. The van der Waals surface area contributed by atoms with Crippen LogP contribution in [-0.4, -0.2) is 58.4 Å². The third kappa shape index (κ3) is 5.07. The molecule has 0 saturated carbocycles. The quantitative estimate of drug-likeness (QED) is 0.787. The summed E-state index contributed by atoms with van der Waals surface area (Å²) in [7, 11) is 0. The van der Waals surface area contributed by atoms with E-state index in [4.69, 9.17) is 9.26 Å². The van der Waals surface area contributed by atoms with E-state index >= 15 is 0 Å². The highest BCUT2D eigenvalue weighted by molar-refractivity contribution is 5.81. The third-order valence-electron chi connectivity index (χ3n) is 4.93. The largest absolute Gasteiger partial charge is 0.524 e. The number of ether oxygens (including phenoxy) is 1. The fraction of sp³-hybridized carbons (Fsp3) is 0.524. The molecule has 2 aromatic rings. The monoisotopic (exact) mass is 401 g/mol. The van der Waals surface area contributed by atoms with E-state index in [2.05, 4.69) is 15.5 Å². The molecule has 3 rings (SSSR count). The van der Waals surface area contributed by atoms with E-state index < -0.39 is 11.7 Å². The van der Waals surface area contributed by atoms with Crippen molar-refractivity contribution in [3.05, 3.63) is 35.7 Å².